The Kier molecular flexibility index (Phi) is 8.12. The Bertz CT molecular complexity index is 1440. The van der Waals surface area contributed by atoms with Gasteiger partial charge in [-0.15, -0.1) is 0 Å². The van der Waals surface area contributed by atoms with Gasteiger partial charge in [-0.1, -0.05) is 30.3 Å². The van der Waals surface area contributed by atoms with Gasteiger partial charge < -0.3 is 20.3 Å². The van der Waals surface area contributed by atoms with Crippen molar-refractivity contribution >= 4 is 21.9 Å². The molecule has 1 heterocycles. The number of carbonyl (C=O) groups excluding carboxylic acids is 1. The number of sulfonamides is 1. The van der Waals surface area contributed by atoms with Crippen LogP contribution in [0.4, 0.5) is 0 Å². The highest BCUT2D eigenvalue weighted by atomic mass is 32.2. The quantitative estimate of drug-likeness (QED) is 0.340. The van der Waals surface area contributed by atoms with Crippen LogP contribution in [0.3, 0.4) is 0 Å². The third-order valence-corrected chi connectivity index (χ3v) is 7.39. The summed E-state index contributed by atoms with van der Waals surface area (Å²) in [6, 6.07) is 16.9. The summed E-state index contributed by atoms with van der Waals surface area (Å²) < 4.78 is 28.7. The molecule has 2 atom stereocenters. The number of phenolic OH excluding ortho intramolecular Hbond substituents is 1. The maximum Gasteiger partial charge on any atom is 0.335 e. The lowest BCUT2D eigenvalue weighted by atomic mass is 10.0. The normalized spacial score (nSPS) is 17.1. The Hall–Kier alpha value is -3.77. The molecule has 11 heteroatoms. The number of primary sulfonamides is 1. The molecule has 0 spiro atoms. The second kappa shape index (κ2) is 11.3. The summed E-state index contributed by atoms with van der Waals surface area (Å²) in [6.45, 7) is 3.53. The fourth-order valence-electron chi connectivity index (χ4n) is 4.38. The van der Waals surface area contributed by atoms with E-state index in [9.17, 15) is 23.1 Å². The summed E-state index contributed by atoms with van der Waals surface area (Å²) in [6.07, 6.45) is 0. The number of carbonyl (C=O) groups is 2. The van der Waals surface area contributed by atoms with Gasteiger partial charge in [-0.2, -0.15) is 0 Å². The first-order chi connectivity index (χ1) is 18.0. The van der Waals surface area contributed by atoms with Gasteiger partial charge in [0.2, 0.25) is 15.9 Å². The van der Waals surface area contributed by atoms with E-state index in [1.165, 1.54) is 24.3 Å². The highest BCUT2D eigenvalue weighted by Gasteiger charge is 2.30. The van der Waals surface area contributed by atoms with Crippen LogP contribution >= 0.6 is 0 Å². The zero-order valence-electron chi connectivity index (χ0n) is 20.7. The van der Waals surface area contributed by atoms with Crippen LogP contribution in [0.1, 0.15) is 34.5 Å². The number of rotatable bonds is 8. The number of aromatic hydroxyl groups is 1. The molecule has 0 saturated carbocycles. The molecule has 1 aliphatic heterocycles. The molecule has 0 aliphatic carbocycles. The molecular weight excluding hydrogens is 510 g/mol. The molecule has 38 heavy (non-hydrogen) atoms. The van der Waals surface area contributed by atoms with Crippen molar-refractivity contribution < 1.29 is 33.0 Å². The molecule has 1 aliphatic rings. The summed E-state index contributed by atoms with van der Waals surface area (Å²) in [5, 5.41) is 27.7. The van der Waals surface area contributed by atoms with Crippen LogP contribution in [0.25, 0.3) is 11.1 Å². The topological polar surface area (TPSA) is 159 Å². The minimum atomic E-state index is -3.94. The first-order valence-electron chi connectivity index (χ1n) is 11.9. The Morgan fingerprint density at radius 2 is 1.87 bits per heavy atom. The molecule has 4 rings (SSSR count). The van der Waals surface area contributed by atoms with Crippen molar-refractivity contribution in [3.05, 3.63) is 83.4 Å². The molecule has 0 aromatic heterocycles. The second-order valence-electron chi connectivity index (χ2n) is 9.14. The lowest BCUT2D eigenvalue weighted by molar-refractivity contribution is -0.133. The van der Waals surface area contributed by atoms with Crippen LogP contribution in [0.5, 0.6) is 5.75 Å². The van der Waals surface area contributed by atoms with Gasteiger partial charge in [0.1, 0.15) is 11.8 Å². The largest absolute Gasteiger partial charge is 0.507 e. The number of hydrogen-bond donors (Lipinski definition) is 4. The summed E-state index contributed by atoms with van der Waals surface area (Å²) >= 11 is 0. The first kappa shape index (κ1) is 27.3. The van der Waals surface area contributed by atoms with E-state index >= 15 is 0 Å². The first-order valence-corrected chi connectivity index (χ1v) is 13.5. The van der Waals surface area contributed by atoms with E-state index in [1.807, 2.05) is 30.0 Å². The molecule has 3 aromatic rings. The number of morpholine rings is 1. The fraction of sp³-hybridized carbons (Fsp3) is 0.259. The van der Waals surface area contributed by atoms with Gasteiger partial charge in [-0.3, -0.25) is 9.69 Å². The van der Waals surface area contributed by atoms with E-state index in [4.69, 9.17) is 15.0 Å². The average Bonchev–Trinajstić information content (AvgIpc) is 2.88. The lowest BCUT2D eigenvalue weighted by Crippen LogP contribution is -2.53. The molecule has 10 nitrogen and oxygen atoms in total. The number of ether oxygens (including phenoxy) is 1. The van der Waals surface area contributed by atoms with Gasteiger partial charge in [0.15, 0.2) is 0 Å². The molecule has 1 fully saturated rings. The van der Waals surface area contributed by atoms with Gasteiger partial charge in [-0.25, -0.2) is 18.4 Å². The van der Waals surface area contributed by atoms with Crippen LogP contribution in [0, 0.1) is 0 Å². The van der Waals surface area contributed by atoms with Gasteiger partial charge >= 0.3 is 5.97 Å². The Labute approximate surface area is 220 Å². The van der Waals surface area contributed by atoms with Crippen LogP contribution in [0.15, 0.2) is 71.6 Å². The molecule has 1 saturated heterocycles. The number of phenols is 1. The maximum atomic E-state index is 13.2. The van der Waals surface area contributed by atoms with E-state index in [0.717, 1.165) is 17.2 Å². The van der Waals surface area contributed by atoms with Gasteiger partial charge in [0.05, 0.1) is 29.7 Å². The summed E-state index contributed by atoms with van der Waals surface area (Å²) in [4.78, 5) is 26.1. The molecule has 200 valence electrons. The number of nitrogens with one attached hydrogen (secondary N) is 1. The second-order valence-corrected chi connectivity index (χ2v) is 10.7. The van der Waals surface area contributed by atoms with Gasteiger partial charge in [0.25, 0.3) is 0 Å². The number of amides is 1. The SMILES string of the molecule is C[C@H](NC(=O)[C@H]1COCCN1Cc1cccc(-c2ccc(S(N)(=O)=O)cc2O)c1)c1ccc(C(=O)O)cc1. The third kappa shape index (κ3) is 6.37. The van der Waals surface area contributed by atoms with E-state index in [2.05, 4.69) is 5.32 Å². The zero-order valence-corrected chi connectivity index (χ0v) is 21.5. The van der Waals surface area contributed by atoms with Gasteiger partial charge in [0, 0.05) is 24.7 Å². The third-order valence-electron chi connectivity index (χ3n) is 6.48. The number of hydrogen-bond acceptors (Lipinski definition) is 7. The minimum Gasteiger partial charge on any atom is -0.507 e. The number of nitrogens with two attached hydrogens (primary N) is 1. The van der Waals surface area contributed by atoms with Crippen LogP contribution in [0.2, 0.25) is 0 Å². The van der Waals surface area contributed by atoms with Crippen LogP contribution in [-0.2, 0) is 26.1 Å². The summed E-state index contributed by atoms with van der Waals surface area (Å²) in [7, 11) is -3.94. The number of carboxylic acids is 1. The Morgan fingerprint density at radius 1 is 1.13 bits per heavy atom. The maximum absolute atomic E-state index is 13.2. The molecule has 0 bridgehead atoms. The van der Waals surface area contributed by atoms with E-state index in [1.54, 1.807) is 18.2 Å². The molecule has 5 N–H and O–H groups in total. The smallest absolute Gasteiger partial charge is 0.335 e. The zero-order chi connectivity index (χ0) is 27.4. The number of nitrogens with zero attached hydrogens (tertiary/aromatic N) is 1. The van der Waals surface area contributed by atoms with Crippen molar-refractivity contribution in [2.24, 2.45) is 5.14 Å². The van der Waals surface area contributed by atoms with Crippen molar-refractivity contribution in [2.45, 2.75) is 30.4 Å². The monoisotopic (exact) mass is 539 g/mol. The molecule has 0 unspecified atom stereocenters. The van der Waals surface area contributed by atoms with Crippen molar-refractivity contribution in [1.82, 2.24) is 10.2 Å². The Balaban J connectivity index is 1.48. The highest BCUT2D eigenvalue weighted by molar-refractivity contribution is 7.89. The lowest BCUT2D eigenvalue weighted by Gasteiger charge is -2.35. The number of aromatic carboxylic acids is 1. The summed E-state index contributed by atoms with van der Waals surface area (Å²) in [5.41, 5.74) is 3.00. The molecule has 0 radical (unpaired) electrons. The predicted octanol–water partition coefficient (Wildman–Crippen LogP) is 2.48. The van der Waals surface area contributed by atoms with Crippen molar-refractivity contribution in [3.8, 4) is 16.9 Å². The van der Waals surface area contributed by atoms with Crippen LogP contribution in [-0.4, -0.2) is 61.2 Å². The van der Waals surface area contributed by atoms with E-state index in [0.29, 0.717) is 30.8 Å². The standard InChI is InChI=1S/C27H29N3O7S/c1-17(19-5-7-20(8-6-19)27(33)34)29-26(32)24-16-37-12-11-30(24)15-18-3-2-4-21(13-18)23-10-9-22(14-25(23)31)38(28,35)36/h2-10,13-14,17,24,31H,11-12,15-16H2,1H3,(H,29,32)(H,33,34)(H2,28,35,36)/t17-,24+/m0/s1. The number of carboxylic acid groups (broad SMARTS) is 1. The van der Waals surface area contributed by atoms with Crippen LogP contribution < -0.4 is 10.5 Å². The average molecular weight is 540 g/mol. The minimum absolute atomic E-state index is 0.176. The van der Waals surface area contributed by atoms with E-state index < -0.39 is 22.0 Å². The molecule has 3 aromatic carbocycles. The van der Waals surface area contributed by atoms with Crippen molar-refractivity contribution in [3.63, 3.8) is 0 Å². The van der Waals surface area contributed by atoms with E-state index in [-0.39, 0.29) is 34.8 Å². The summed E-state index contributed by atoms with van der Waals surface area (Å²) in [5.74, 6) is -1.42. The van der Waals surface area contributed by atoms with Crippen molar-refractivity contribution in [2.75, 3.05) is 19.8 Å². The van der Waals surface area contributed by atoms with Gasteiger partial charge in [-0.05, 0) is 53.9 Å². The molecular formula is C27H29N3O7S. The highest BCUT2D eigenvalue weighted by Crippen LogP contribution is 2.32. The fourth-order valence-corrected chi connectivity index (χ4v) is 4.91. The Morgan fingerprint density at radius 3 is 2.53 bits per heavy atom. The van der Waals surface area contributed by atoms with Crippen molar-refractivity contribution in [1.29, 1.82) is 0 Å². The number of benzene rings is 3. The molecule has 1 amide bonds. The predicted molar refractivity (Wildman–Crippen MR) is 140 cm³/mol.